The fourth-order valence-electron chi connectivity index (χ4n) is 3.92. The number of hydrogen-bond acceptors (Lipinski definition) is 4. The topological polar surface area (TPSA) is 67.9 Å². The smallest absolute Gasteiger partial charge is 0.235 e. The first kappa shape index (κ1) is 18.3. The molecule has 0 radical (unpaired) electrons. The largest absolute Gasteiger partial charge is 0.496 e. The second kappa shape index (κ2) is 7.19. The molecular weight excluding hydrogens is 356 g/mol. The molecule has 0 bridgehead atoms. The molecule has 28 heavy (non-hydrogen) atoms. The number of ether oxygens (including phenoxy) is 2. The molecule has 1 aliphatic heterocycles. The minimum Gasteiger partial charge on any atom is -0.496 e. The van der Waals surface area contributed by atoms with Crippen LogP contribution >= 0.6 is 0 Å². The van der Waals surface area contributed by atoms with E-state index in [1.807, 2.05) is 36.4 Å². The van der Waals surface area contributed by atoms with Gasteiger partial charge in [0.05, 0.1) is 25.3 Å². The number of hydrogen-bond donors (Lipinski definition) is 1. The van der Waals surface area contributed by atoms with Crippen LogP contribution in [-0.4, -0.2) is 32.6 Å². The predicted octanol–water partition coefficient (Wildman–Crippen LogP) is 3.50. The lowest BCUT2D eigenvalue weighted by atomic mass is 9.94. The van der Waals surface area contributed by atoms with Gasteiger partial charge in [-0.1, -0.05) is 18.2 Å². The molecule has 1 N–H and O–H groups in total. The minimum absolute atomic E-state index is 0.0518. The van der Waals surface area contributed by atoms with Crippen molar-refractivity contribution >= 4 is 23.2 Å². The van der Waals surface area contributed by atoms with Gasteiger partial charge in [-0.15, -0.1) is 0 Å². The molecule has 0 spiro atoms. The highest BCUT2D eigenvalue weighted by molar-refractivity contribution is 6.03. The Balaban J connectivity index is 1.57. The lowest BCUT2D eigenvalue weighted by Gasteiger charge is -2.21. The molecule has 1 aliphatic carbocycles. The summed E-state index contributed by atoms with van der Waals surface area (Å²) in [6.07, 6.45) is 2.98. The van der Waals surface area contributed by atoms with Crippen molar-refractivity contribution in [2.24, 2.45) is 0 Å². The van der Waals surface area contributed by atoms with Crippen LogP contribution in [0.5, 0.6) is 11.5 Å². The van der Waals surface area contributed by atoms with Crippen molar-refractivity contribution in [2.45, 2.75) is 31.1 Å². The molecule has 2 aromatic rings. The summed E-state index contributed by atoms with van der Waals surface area (Å²) in [5, 5.41) is 3.02. The standard InChI is InChI=1S/C22H24N2O4/c1-27-18-7-4-3-6-16(18)22(11-12-22)21(26)23-15-9-10-17(19(14-15)28-2)24-13-5-8-20(24)25/h3-4,6-7,9-10,14H,5,8,11-13H2,1-2H3,(H,23,26). The van der Waals surface area contributed by atoms with Crippen LogP contribution in [-0.2, 0) is 15.0 Å². The third-order valence-electron chi connectivity index (χ3n) is 5.61. The van der Waals surface area contributed by atoms with E-state index in [2.05, 4.69) is 5.32 Å². The first-order valence-corrected chi connectivity index (χ1v) is 9.52. The van der Waals surface area contributed by atoms with Crippen LogP contribution in [0.2, 0.25) is 0 Å². The Kier molecular flexibility index (Phi) is 4.71. The lowest BCUT2D eigenvalue weighted by Crippen LogP contribution is -2.28. The van der Waals surface area contributed by atoms with Gasteiger partial charge in [0.1, 0.15) is 11.5 Å². The van der Waals surface area contributed by atoms with Gasteiger partial charge in [-0.25, -0.2) is 0 Å². The van der Waals surface area contributed by atoms with Gasteiger partial charge in [-0.3, -0.25) is 9.59 Å². The Morgan fingerprint density at radius 2 is 1.82 bits per heavy atom. The van der Waals surface area contributed by atoms with Crippen LogP contribution in [0.15, 0.2) is 42.5 Å². The van der Waals surface area contributed by atoms with Crippen molar-refractivity contribution in [3.63, 3.8) is 0 Å². The van der Waals surface area contributed by atoms with Crippen molar-refractivity contribution in [3.8, 4) is 11.5 Å². The van der Waals surface area contributed by atoms with E-state index in [1.54, 1.807) is 25.2 Å². The average Bonchev–Trinajstić information content (AvgIpc) is 3.43. The van der Waals surface area contributed by atoms with Gasteiger partial charge in [-0.05, 0) is 37.5 Å². The number of amides is 2. The number of benzene rings is 2. The van der Waals surface area contributed by atoms with E-state index in [1.165, 1.54) is 0 Å². The molecule has 2 aliphatic rings. The van der Waals surface area contributed by atoms with Crippen molar-refractivity contribution in [1.29, 1.82) is 0 Å². The zero-order chi connectivity index (χ0) is 19.7. The van der Waals surface area contributed by atoms with Crippen LogP contribution in [0, 0.1) is 0 Å². The number of anilines is 2. The van der Waals surface area contributed by atoms with E-state index in [0.29, 0.717) is 24.4 Å². The number of carbonyl (C=O) groups excluding carboxylic acids is 2. The quantitative estimate of drug-likeness (QED) is 0.833. The first-order chi connectivity index (χ1) is 13.6. The summed E-state index contributed by atoms with van der Waals surface area (Å²) in [6, 6.07) is 13.1. The van der Waals surface area contributed by atoms with Gasteiger partial charge < -0.3 is 19.7 Å². The van der Waals surface area contributed by atoms with Crippen molar-refractivity contribution < 1.29 is 19.1 Å². The molecule has 1 saturated heterocycles. The zero-order valence-corrected chi connectivity index (χ0v) is 16.2. The Morgan fingerprint density at radius 3 is 2.46 bits per heavy atom. The summed E-state index contributed by atoms with van der Waals surface area (Å²) in [6.45, 7) is 0.692. The normalized spacial score (nSPS) is 17.4. The van der Waals surface area contributed by atoms with Crippen LogP contribution in [0.3, 0.4) is 0 Å². The molecule has 0 atom stereocenters. The number of carbonyl (C=O) groups is 2. The zero-order valence-electron chi connectivity index (χ0n) is 16.2. The molecule has 6 heteroatoms. The molecule has 4 rings (SSSR count). The number of nitrogens with zero attached hydrogens (tertiary/aromatic N) is 1. The summed E-state index contributed by atoms with van der Waals surface area (Å²) in [5.41, 5.74) is 1.76. The third kappa shape index (κ3) is 3.09. The number of methoxy groups -OCH3 is 2. The molecule has 1 saturated carbocycles. The molecule has 0 unspecified atom stereocenters. The Hall–Kier alpha value is -3.02. The van der Waals surface area contributed by atoms with E-state index < -0.39 is 5.41 Å². The molecular formula is C22H24N2O4. The number of rotatable bonds is 6. The Bertz CT molecular complexity index is 921. The molecule has 2 amide bonds. The van der Waals surface area contributed by atoms with Crippen LogP contribution in [0.4, 0.5) is 11.4 Å². The highest BCUT2D eigenvalue weighted by Crippen LogP contribution is 2.52. The monoisotopic (exact) mass is 380 g/mol. The maximum Gasteiger partial charge on any atom is 0.235 e. The van der Waals surface area contributed by atoms with Gasteiger partial charge in [0, 0.05) is 30.3 Å². The minimum atomic E-state index is -0.552. The summed E-state index contributed by atoms with van der Waals surface area (Å²) >= 11 is 0. The fraction of sp³-hybridized carbons (Fsp3) is 0.364. The molecule has 0 aromatic heterocycles. The predicted molar refractivity (Wildman–Crippen MR) is 107 cm³/mol. The third-order valence-corrected chi connectivity index (χ3v) is 5.61. The van der Waals surface area contributed by atoms with E-state index >= 15 is 0 Å². The van der Waals surface area contributed by atoms with E-state index in [4.69, 9.17) is 9.47 Å². The molecule has 2 aromatic carbocycles. The van der Waals surface area contributed by atoms with Gasteiger partial charge in [-0.2, -0.15) is 0 Å². The summed E-state index contributed by atoms with van der Waals surface area (Å²) < 4.78 is 10.9. The van der Waals surface area contributed by atoms with Gasteiger partial charge in [0.15, 0.2) is 0 Å². The summed E-state index contributed by atoms with van der Waals surface area (Å²) in [4.78, 5) is 26.9. The van der Waals surface area contributed by atoms with Crippen LogP contribution in [0.25, 0.3) is 0 Å². The van der Waals surface area contributed by atoms with E-state index in [-0.39, 0.29) is 11.8 Å². The maximum atomic E-state index is 13.1. The van der Waals surface area contributed by atoms with Crippen molar-refractivity contribution in [2.75, 3.05) is 31.0 Å². The Morgan fingerprint density at radius 1 is 1.07 bits per heavy atom. The molecule has 1 heterocycles. The first-order valence-electron chi connectivity index (χ1n) is 9.52. The molecule has 2 fully saturated rings. The van der Waals surface area contributed by atoms with Crippen molar-refractivity contribution in [1.82, 2.24) is 0 Å². The highest BCUT2D eigenvalue weighted by atomic mass is 16.5. The molecule has 146 valence electrons. The fourth-order valence-corrected chi connectivity index (χ4v) is 3.92. The Labute approximate surface area is 164 Å². The highest BCUT2D eigenvalue weighted by Gasteiger charge is 2.52. The lowest BCUT2D eigenvalue weighted by molar-refractivity contribution is -0.118. The SMILES string of the molecule is COc1cc(NC(=O)C2(c3ccccc3OC)CC2)ccc1N1CCCC1=O. The second-order valence-corrected chi connectivity index (χ2v) is 7.27. The van der Waals surface area contributed by atoms with Crippen LogP contribution < -0.4 is 19.7 Å². The summed E-state index contributed by atoms with van der Waals surface area (Å²) in [7, 11) is 3.19. The van der Waals surface area contributed by atoms with Crippen LogP contribution in [0.1, 0.15) is 31.2 Å². The maximum absolute atomic E-state index is 13.1. The van der Waals surface area contributed by atoms with Gasteiger partial charge in [0.2, 0.25) is 11.8 Å². The van der Waals surface area contributed by atoms with Gasteiger partial charge >= 0.3 is 0 Å². The van der Waals surface area contributed by atoms with E-state index in [9.17, 15) is 9.59 Å². The number of para-hydroxylation sites is 1. The molecule has 6 nitrogen and oxygen atoms in total. The van der Waals surface area contributed by atoms with E-state index in [0.717, 1.165) is 36.3 Å². The van der Waals surface area contributed by atoms with Crippen molar-refractivity contribution in [3.05, 3.63) is 48.0 Å². The second-order valence-electron chi connectivity index (χ2n) is 7.27. The number of nitrogens with one attached hydrogen (secondary N) is 1. The van der Waals surface area contributed by atoms with Gasteiger partial charge in [0.25, 0.3) is 0 Å². The summed E-state index contributed by atoms with van der Waals surface area (Å²) in [5.74, 6) is 1.36. The average molecular weight is 380 g/mol.